The first kappa shape index (κ1) is 12.4. The van der Waals surface area contributed by atoms with E-state index in [0.29, 0.717) is 0 Å². The van der Waals surface area contributed by atoms with Crippen molar-refractivity contribution in [3.05, 3.63) is 36.6 Å². The molecule has 0 bridgehead atoms. The molecule has 0 saturated carbocycles. The smallest absolute Gasteiger partial charge is 0.0560 e. The van der Waals surface area contributed by atoms with Crippen molar-refractivity contribution in [2.24, 2.45) is 0 Å². The van der Waals surface area contributed by atoms with Crippen molar-refractivity contribution in [1.82, 2.24) is 10.2 Å². The van der Waals surface area contributed by atoms with E-state index in [1.807, 2.05) is 0 Å². The van der Waals surface area contributed by atoms with Crippen LogP contribution in [0.2, 0.25) is 0 Å². The Morgan fingerprint density at radius 1 is 1.41 bits per heavy atom. The summed E-state index contributed by atoms with van der Waals surface area (Å²) in [5.74, 6) is 0. The van der Waals surface area contributed by atoms with Crippen LogP contribution >= 0.6 is 0 Å². The fourth-order valence-corrected chi connectivity index (χ4v) is 2.60. The van der Waals surface area contributed by atoms with E-state index < -0.39 is 0 Å². The van der Waals surface area contributed by atoms with Crippen LogP contribution < -0.4 is 5.32 Å². The normalized spacial score (nSPS) is 29.8. The van der Waals surface area contributed by atoms with Crippen LogP contribution in [0, 0.1) is 0 Å². The monoisotopic (exact) mass is 232 g/mol. The highest BCUT2D eigenvalue weighted by Crippen LogP contribution is 2.22. The summed E-state index contributed by atoms with van der Waals surface area (Å²) in [6.45, 7) is 9.61. The third kappa shape index (κ3) is 3.47. The lowest BCUT2D eigenvalue weighted by Crippen LogP contribution is -2.38. The van der Waals surface area contributed by atoms with Crippen molar-refractivity contribution in [1.29, 1.82) is 0 Å². The lowest BCUT2D eigenvalue weighted by Gasteiger charge is -2.31. The van der Waals surface area contributed by atoms with Gasteiger partial charge in [0.25, 0.3) is 0 Å². The van der Waals surface area contributed by atoms with E-state index in [9.17, 15) is 0 Å². The summed E-state index contributed by atoms with van der Waals surface area (Å²) in [4.78, 5) is 2.57. The first-order valence-electron chi connectivity index (χ1n) is 6.71. The van der Waals surface area contributed by atoms with E-state index >= 15 is 0 Å². The highest BCUT2D eigenvalue weighted by molar-refractivity contribution is 5.30. The minimum absolute atomic E-state index is 0.0626. The Hall–Kier alpha value is -1.02. The van der Waals surface area contributed by atoms with Gasteiger partial charge in [0.1, 0.15) is 0 Å². The van der Waals surface area contributed by atoms with Crippen LogP contribution in [-0.4, -0.2) is 30.1 Å². The van der Waals surface area contributed by atoms with Crippen molar-refractivity contribution < 1.29 is 0 Å². The fourth-order valence-electron chi connectivity index (χ4n) is 2.60. The van der Waals surface area contributed by atoms with Crippen LogP contribution in [0.25, 0.3) is 0 Å². The average molecular weight is 232 g/mol. The molecule has 17 heavy (non-hydrogen) atoms. The number of rotatable bonds is 4. The zero-order valence-corrected chi connectivity index (χ0v) is 10.9. The van der Waals surface area contributed by atoms with Gasteiger partial charge in [0, 0.05) is 6.54 Å². The quantitative estimate of drug-likeness (QED) is 0.802. The van der Waals surface area contributed by atoms with Gasteiger partial charge < -0.3 is 5.32 Å². The number of hydrogen-bond donors (Lipinski definition) is 1. The van der Waals surface area contributed by atoms with Gasteiger partial charge in [-0.15, -0.1) is 0 Å². The van der Waals surface area contributed by atoms with Crippen LogP contribution in [0.1, 0.15) is 32.6 Å². The molecule has 2 nitrogen and oxygen atoms in total. The third-order valence-electron chi connectivity index (χ3n) is 3.74. The van der Waals surface area contributed by atoms with Crippen molar-refractivity contribution in [3.8, 4) is 0 Å². The standard InChI is InChI=1S/C15H24N2/c1-3-16-15(2)9-7-14(8-10-15)13-17-11-5-4-6-12-17/h3,7-9,16H,1,4-6,10-13H2,2H3. The summed E-state index contributed by atoms with van der Waals surface area (Å²) in [7, 11) is 0. The average Bonchev–Trinajstić information content (AvgIpc) is 2.34. The fraction of sp³-hybridized carbons (Fsp3) is 0.600. The Bertz CT molecular complexity index is 324. The molecule has 2 aliphatic rings. The maximum absolute atomic E-state index is 3.74. The summed E-state index contributed by atoms with van der Waals surface area (Å²) < 4.78 is 0. The second kappa shape index (κ2) is 5.54. The van der Waals surface area contributed by atoms with E-state index in [-0.39, 0.29) is 5.54 Å². The predicted molar refractivity (Wildman–Crippen MR) is 73.9 cm³/mol. The molecule has 1 unspecified atom stereocenters. The Kier molecular flexibility index (Phi) is 4.06. The molecular formula is C15H24N2. The topological polar surface area (TPSA) is 15.3 Å². The maximum atomic E-state index is 3.74. The molecule has 0 radical (unpaired) electrons. The lowest BCUT2D eigenvalue weighted by atomic mass is 9.90. The van der Waals surface area contributed by atoms with E-state index in [0.717, 1.165) is 13.0 Å². The first-order valence-corrected chi connectivity index (χ1v) is 6.71. The zero-order chi connectivity index (χ0) is 12.1. The molecular weight excluding hydrogens is 208 g/mol. The van der Waals surface area contributed by atoms with E-state index in [1.54, 1.807) is 6.20 Å². The van der Waals surface area contributed by atoms with Crippen LogP contribution in [0.15, 0.2) is 36.6 Å². The SMILES string of the molecule is C=CNC1(C)C=CC(CN2CCCCC2)=CC1. The van der Waals surface area contributed by atoms with Gasteiger partial charge in [-0.3, -0.25) is 4.90 Å². The second-order valence-electron chi connectivity index (χ2n) is 5.42. The molecule has 0 aromatic heterocycles. The number of nitrogens with zero attached hydrogens (tertiary/aromatic N) is 1. The third-order valence-corrected chi connectivity index (χ3v) is 3.74. The summed E-state index contributed by atoms with van der Waals surface area (Å²) >= 11 is 0. The molecule has 1 fully saturated rings. The number of piperidine rings is 1. The molecule has 2 heteroatoms. The van der Waals surface area contributed by atoms with Gasteiger partial charge in [-0.1, -0.05) is 31.2 Å². The number of hydrogen-bond acceptors (Lipinski definition) is 2. The summed E-state index contributed by atoms with van der Waals surface area (Å²) in [6, 6.07) is 0. The highest BCUT2D eigenvalue weighted by Gasteiger charge is 2.21. The molecule has 1 saturated heterocycles. The maximum Gasteiger partial charge on any atom is 0.0560 e. The largest absolute Gasteiger partial charge is 0.382 e. The van der Waals surface area contributed by atoms with Gasteiger partial charge in [0.2, 0.25) is 0 Å². The minimum atomic E-state index is 0.0626. The van der Waals surface area contributed by atoms with E-state index in [2.05, 4.69) is 41.9 Å². The predicted octanol–water partition coefficient (Wildman–Crippen LogP) is 2.85. The van der Waals surface area contributed by atoms with Crippen LogP contribution in [-0.2, 0) is 0 Å². The Morgan fingerprint density at radius 3 is 2.76 bits per heavy atom. The molecule has 1 heterocycles. The van der Waals surface area contributed by atoms with Crippen molar-refractivity contribution >= 4 is 0 Å². The number of nitrogens with one attached hydrogen (secondary N) is 1. The van der Waals surface area contributed by atoms with Crippen molar-refractivity contribution in [2.45, 2.75) is 38.1 Å². The molecule has 0 amide bonds. The van der Waals surface area contributed by atoms with Gasteiger partial charge in [0.05, 0.1) is 5.54 Å². The van der Waals surface area contributed by atoms with Crippen LogP contribution in [0.4, 0.5) is 0 Å². The Balaban J connectivity index is 1.86. The molecule has 94 valence electrons. The van der Waals surface area contributed by atoms with Gasteiger partial charge in [-0.25, -0.2) is 0 Å². The second-order valence-corrected chi connectivity index (χ2v) is 5.42. The summed E-state index contributed by atoms with van der Waals surface area (Å²) in [5, 5.41) is 3.30. The minimum Gasteiger partial charge on any atom is -0.382 e. The van der Waals surface area contributed by atoms with Crippen LogP contribution in [0.5, 0.6) is 0 Å². The van der Waals surface area contributed by atoms with Crippen molar-refractivity contribution in [2.75, 3.05) is 19.6 Å². The summed E-state index contributed by atoms with van der Waals surface area (Å²) in [5.41, 5.74) is 1.53. The van der Waals surface area contributed by atoms with E-state index in [4.69, 9.17) is 0 Å². The molecule has 1 N–H and O–H groups in total. The van der Waals surface area contributed by atoms with Crippen molar-refractivity contribution in [3.63, 3.8) is 0 Å². The molecule has 1 atom stereocenters. The number of likely N-dealkylation sites (tertiary alicyclic amines) is 1. The molecule has 0 spiro atoms. The Labute approximate surface area is 105 Å². The summed E-state index contributed by atoms with van der Waals surface area (Å²) in [6.07, 6.45) is 13.9. The highest BCUT2D eigenvalue weighted by atomic mass is 15.1. The molecule has 0 aromatic carbocycles. The Morgan fingerprint density at radius 2 is 2.18 bits per heavy atom. The van der Waals surface area contributed by atoms with Crippen LogP contribution in [0.3, 0.4) is 0 Å². The molecule has 1 aliphatic carbocycles. The van der Waals surface area contributed by atoms with Gasteiger partial charge >= 0.3 is 0 Å². The van der Waals surface area contributed by atoms with Gasteiger partial charge in [0.15, 0.2) is 0 Å². The first-order chi connectivity index (χ1) is 8.22. The lowest BCUT2D eigenvalue weighted by molar-refractivity contribution is 0.247. The molecule has 2 rings (SSSR count). The molecule has 1 aliphatic heterocycles. The van der Waals surface area contributed by atoms with E-state index in [1.165, 1.54) is 37.9 Å². The zero-order valence-electron chi connectivity index (χ0n) is 10.9. The molecule has 0 aromatic rings. The van der Waals surface area contributed by atoms with Gasteiger partial charge in [-0.2, -0.15) is 0 Å². The van der Waals surface area contributed by atoms with Gasteiger partial charge in [-0.05, 0) is 51.0 Å².